The second kappa shape index (κ2) is 6.76. The predicted octanol–water partition coefficient (Wildman–Crippen LogP) is -0.0178. The molecule has 0 unspecified atom stereocenters. The van der Waals surface area contributed by atoms with Gasteiger partial charge in [-0.1, -0.05) is 6.07 Å². The summed E-state index contributed by atoms with van der Waals surface area (Å²) in [6.45, 7) is -0.323. The molecule has 0 saturated heterocycles. The number of benzene rings is 1. The number of carbonyl (C=O) groups excluding carboxylic acids is 1. The predicted molar refractivity (Wildman–Crippen MR) is 76.2 cm³/mol. The van der Waals surface area contributed by atoms with Crippen molar-refractivity contribution >= 4 is 31.5 Å². The molecule has 1 aromatic rings. The molecule has 8 nitrogen and oxygen atoms in total. The zero-order chi connectivity index (χ0) is 16.1. The summed E-state index contributed by atoms with van der Waals surface area (Å²) in [6, 6.07) is 5.75. The van der Waals surface area contributed by atoms with Crippen LogP contribution in [0.5, 0.6) is 5.75 Å². The Kier molecular flexibility index (Phi) is 5.55. The molecular formula is C11H15NO7S2. The molecule has 0 heterocycles. The summed E-state index contributed by atoms with van der Waals surface area (Å²) in [6.07, 6.45) is 0.822. The molecule has 21 heavy (non-hydrogen) atoms. The number of hydrogen-bond acceptors (Lipinski definition) is 7. The fourth-order valence-corrected chi connectivity index (χ4v) is 4.32. The highest BCUT2D eigenvalue weighted by Crippen LogP contribution is 2.18. The summed E-state index contributed by atoms with van der Waals surface area (Å²) in [4.78, 5) is 10.9. The lowest BCUT2D eigenvalue weighted by Crippen LogP contribution is -2.22. The summed E-state index contributed by atoms with van der Waals surface area (Å²) in [5.74, 6) is -0.349. The lowest BCUT2D eigenvalue weighted by atomic mass is 10.3. The molecule has 1 N–H and O–H groups in total. The minimum absolute atomic E-state index is 0.126. The second-order valence-corrected chi connectivity index (χ2v) is 8.38. The average molecular weight is 337 g/mol. The first-order chi connectivity index (χ1) is 9.61. The van der Waals surface area contributed by atoms with Gasteiger partial charge in [-0.15, -0.1) is 0 Å². The number of methoxy groups -OCH3 is 1. The van der Waals surface area contributed by atoms with Gasteiger partial charge in [0.25, 0.3) is 0 Å². The molecular weight excluding hydrogens is 322 g/mol. The van der Waals surface area contributed by atoms with Crippen LogP contribution in [-0.2, 0) is 29.4 Å². The highest BCUT2D eigenvalue weighted by atomic mass is 32.3. The van der Waals surface area contributed by atoms with Gasteiger partial charge in [0.1, 0.15) is 5.75 Å². The Bertz CT molecular complexity index is 710. The third kappa shape index (κ3) is 6.95. The van der Waals surface area contributed by atoms with Crippen molar-refractivity contribution in [2.75, 3.05) is 29.8 Å². The van der Waals surface area contributed by atoms with Crippen LogP contribution in [-0.4, -0.2) is 47.9 Å². The van der Waals surface area contributed by atoms with Gasteiger partial charge in [0.15, 0.2) is 21.5 Å². The molecule has 1 aromatic carbocycles. The molecule has 0 aromatic heterocycles. The Morgan fingerprint density at radius 2 is 1.90 bits per heavy atom. The van der Waals surface area contributed by atoms with Gasteiger partial charge < -0.3 is 9.47 Å². The molecule has 10 heteroatoms. The molecule has 0 aliphatic carbocycles. The van der Waals surface area contributed by atoms with Crippen LogP contribution in [0, 0.1) is 0 Å². The van der Waals surface area contributed by atoms with E-state index in [1.807, 2.05) is 0 Å². The number of hydrogen-bond donors (Lipinski definition) is 1. The maximum atomic E-state index is 11.6. The van der Waals surface area contributed by atoms with E-state index in [1.165, 1.54) is 31.4 Å². The van der Waals surface area contributed by atoms with Crippen molar-refractivity contribution in [1.29, 1.82) is 0 Å². The Labute approximate surface area is 123 Å². The van der Waals surface area contributed by atoms with Crippen molar-refractivity contribution in [2.45, 2.75) is 0 Å². The van der Waals surface area contributed by atoms with Crippen LogP contribution in [0.4, 0.5) is 5.69 Å². The van der Waals surface area contributed by atoms with Crippen molar-refractivity contribution in [1.82, 2.24) is 0 Å². The van der Waals surface area contributed by atoms with Gasteiger partial charge in [-0.25, -0.2) is 21.6 Å². The Balaban J connectivity index is 2.79. The zero-order valence-electron chi connectivity index (χ0n) is 11.4. The maximum Gasteiger partial charge on any atom is 0.343 e. The first kappa shape index (κ1) is 17.2. The summed E-state index contributed by atoms with van der Waals surface area (Å²) < 4.78 is 56.9. The number of nitrogens with one attached hydrogen (secondary N) is 1. The molecule has 0 amide bonds. The molecule has 0 saturated carbocycles. The van der Waals surface area contributed by atoms with Gasteiger partial charge in [0, 0.05) is 12.3 Å². The molecule has 118 valence electrons. The van der Waals surface area contributed by atoms with E-state index in [0.717, 1.165) is 6.26 Å². The molecule has 0 radical (unpaired) electrons. The monoisotopic (exact) mass is 337 g/mol. The summed E-state index contributed by atoms with van der Waals surface area (Å²) in [5.41, 5.74) is 0.126. The van der Waals surface area contributed by atoms with Crippen molar-refractivity contribution in [3.63, 3.8) is 0 Å². The van der Waals surface area contributed by atoms with Gasteiger partial charge in [-0.3, -0.25) is 4.72 Å². The van der Waals surface area contributed by atoms with Crippen LogP contribution < -0.4 is 9.46 Å². The van der Waals surface area contributed by atoms with Gasteiger partial charge in [0.2, 0.25) is 10.0 Å². The SMILES string of the molecule is COC(=O)COc1cccc(NS(=O)(=O)CS(C)(=O)=O)c1. The normalized spacial score (nSPS) is 11.7. The lowest BCUT2D eigenvalue weighted by molar-refractivity contribution is -0.142. The zero-order valence-corrected chi connectivity index (χ0v) is 13.0. The molecule has 0 atom stereocenters. The van der Waals surface area contributed by atoms with E-state index in [4.69, 9.17) is 4.74 Å². The van der Waals surface area contributed by atoms with E-state index in [2.05, 4.69) is 9.46 Å². The van der Waals surface area contributed by atoms with Crippen LogP contribution >= 0.6 is 0 Å². The smallest absolute Gasteiger partial charge is 0.343 e. The van der Waals surface area contributed by atoms with Crippen LogP contribution in [0.15, 0.2) is 24.3 Å². The third-order valence-corrected chi connectivity index (χ3v) is 5.56. The lowest BCUT2D eigenvalue weighted by Gasteiger charge is -2.09. The second-order valence-electron chi connectivity index (χ2n) is 4.15. The first-order valence-electron chi connectivity index (χ1n) is 5.59. The highest BCUT2D eigenvalue weighted by Gasteiger charge is 2.18. The Hall–Kier alpha value is -1.81. The summed E-state index contributed by atoms with van der Waals surface area (Å²) >= 11 is 0. The molecule has 0 aliphatic rings. The summed E-state index contributed by atoms with van der Waals surface area (Å²) in [5, 5.41) is -1.02. The van der Waals surface area contributed by atoms with Crippen molar-refractivity contribution in [3.8, 4) is 5.75 Å². The Morgan fingerprint density at radius 3 is 2.48 bits per heavy atom. The fourth-order valence-electron chi connectivity index (χ4n) is 1.34. The number of ether oxygens (including phenoxy) is 2. The average Bonchev–Trinajstić information content (AvgIpc) is 2.32. The molecule has 0 fully saturated rings. The van der Waals surface area contributed by atoms with E-state index in [1.54, 1.807) is 0 Å². The van der Waals surface area contributed by atoms with Gasteiger partial charge in [-0.2, -0.15) is 0 Å². The molecule has 0 aliphatic heterocycles. The van der Waals surface area contributed by atoms with E-state index >= 15 is 0 Å². The van der Waals surface area contributed by atoms with Crippen molar-refractivity contribution < 1.29 is 31.1 Å². The number of sulfonamides is 1. The van der Waals surface area contributed by atoms with E-state index in [9.17, 15) is 21.6 Å². The van der Waals surface area contributed by atoms with Crippen molar-refractivity contribution in [2.24, 2.45) is 0 Å². The number of sulfone groups is 1. The van der Waals surface area contributed by atoms with Gasteiger partial charge in [0.05, 0.1) is 12.8 Å². The van der Waals surface area contributed by atoms with Gasteiger partial charge >= 0.3 is 5.97 Å². The topological polar surface area (TPSA) is 116 Å². The maximum absolute atomic E-state index is 11.6. The van der Waals surface area contributed by atoms with Crippen LogP contribution in [0.1, 0.15) is 0 Å². The fraction of sp³-hybridized carbons (Fsp3) is 0.364. The molecule has 0 bridgehead atoms. The quantitative estimate of drug-likeness (QED) is 0.695. The number of rotatable bonds is 7. The van der Waals surface area contributed by atoms with E-state index < -0.39 is 30.9 Å². The largest absolute Gasteiger partial charge is 0.482 e. The van der Waals surface area contributed by atoms with Crippen molar-refractivity contribution in [3.05, 3.63) is 24.3 Å². The number of anilines is 1. The first-order valence-corrected chi connectivity index (χ1v) is 9.30. The minimum atomic E-state index is -4.03. The van der Waals surface area contributed by atoms with Crippen LogP contribution in [0.2, 0.25) is 0 Å². The van der Waals surface area contributed by atoms with E-state index in [0.29, 0.717) is 0 Å². The Morgan fingerprint density at radius 1 is 1.24 bits per heavy atom. The standard InChI is InChI=1S/C11H15NO7S2/c1-18-11(13)7-19-10-5-3-4-9(6-10)12-21(16,17)8-20(2,14)15/h3-6,12H,7-8H2,1-2H3. The van der Waals surface area contributed by atoms with E-state index in [-0.39, 0.29) is 18.0 Å². The van der Waals surface area contributed by atoms with Crippen LogP contribution in [0.25, 0.3) is 0 Å². The van der Waals surface area contributed by atoms with Crippen LogP contribution in [0.3, 0.4) is 0 Å². The summed E-state index contributed by atoms with van der Waals surface area (Å²) in [7, 11) is -6.50. The number of carbonyl (C=O) groups is 1. The third-order valence-electron chi connectivity index (χ3n) is 2.06. The number of esters is 1. The molecule has 0 spiro atoms. The minimum Gasteiger partial charge on any atom is -0.482 e. The molecule has 1 rings (SSSR count). The van der Waals surface area contributed by atoms with Gasteiger partial charge in [-0.05, 0) is 12.1 Å². The highest BCUT2D eigenvalue weighted by molar-refractivity contribution is 8.08.